The molecule has 224 valence electrons. The van der Waals surface area contributed by atoms with Gasteiger partial charge in [0, 0.05) is 30.8 Å². The van der Waals surface area contributed by atoms with Gasteiger partial charge in [0.25, 0.3) is 11.7 Å². The minimum atomic E-state index is -4.55. The number of pyridine rings is 1. The number of rotatable bonds is 5. The lowest BCUT2D eigenvalue weighted by molar-refractivity contribution is -0.750. The SMILES string of the molecule is CN1CCC[C@@H]1C(=O)N1CCC[C@@H](C2=C3C=NC=C[N+]3(N)C(c3ccc(C(=O)Nc4cc(C(F)(F)F)ccn4)cc3)=N2)C1. The minimum absolute atomic E-state index is 0.0130. The Hall–Kier alpha value is -4.20. The van der Waals surface area contributed by atoms with Gasteiger partial charge in [0.2, 0.25) is 11.6 Å². The number of quaternary nitrogens is 1. The van der Waals surface area contributed by atoms with Gasteiger partial charge in [-0.25, -0.2) is 4.98 Å². The molecule has 0 saturated carbocycles. The Morgan fingerprint density at radius 3 is 2.58 bits per heavy atom. The summed E-state index contributed by atoms with van der Waals surface area (Å²) in [6.45, 7) is 2.20. The molecular weight excluding hydrogens is 561 g/mol. The molecule has 2 aromatic rings. The number of aliphatic imine (C=N–C) groups is 2. The summed E-state index contributed by atoms with van der Waals surface area (Å²) in [7, 11) is 2.00. The Bertz CT molecular complexity index is 1570. The number of carbonyl (C=O) groups is 2. The predicted octanol–water partition coefficient (Wildman–Crippen LogP) is 3.90. The third kappa shape index (κ3) is 5.51. The van der Waals surface area contributed by atoms with Crippen molar-refractivity contribution >= 4 is 29.7 Å². The van der Waals surface area contributed by atoms with E-state index in [0.717, 1.165) is 68.5 Å². The quantitative estimate of drug-likeness (QED) is 0.403. The van der Waals surface area contributed by atoms with Gasteiger partial charge in [0.1, 0.15) is 17.7 Å². The van der Waals surface area contributed by atoms with Crippen molar-refractivity contribution in [1.29, 1.82) is 0 Å². The van der Waals surface area contributed by atoms with Crippen LogP contribution in [0, 0.1) is 5.92 Å². The van der Waals surface area contributed by atoms with Gasteiger partial charge < -0.3 is 10.2 Å². The number of benzene rings is 1. The molecule has 1 aromatic heterocycles. The van der Waals surface area contributed by atoms with Gasteiger partial charge in [-0.3, -0.25) is 19.5 Å². The number of allylic oxidation sites excluding steroid dienone is 1. The normalized spacial score (nSPS) is 25.6. The van der Waals surface area contributed by atoms with Crippen LogP contribution in [0.3, 0.4) is 0 Å². The molecule has 1 aromatic carbocycles. The van der Waals surface area contributed by atoms with Crippen molar-refractivity contribution in [3.63, 3.8) is 0 Å². The van der Waals surface area contributed by atoms with E-state index in [-0.39, 0.29) is 33.8 Å². The maximum Gasteiger partial charge on any atom is 0.416 e. The van der Waals surface area contributed by atoms with Gasteiger partial charge in [-0.2, -0.15) is 24.0 Å². The molecule has 10 nitrogen and oxygen atoms in total. The van der Waals surface area contributed by atoms with Crippen LogP contribution in [-0.4, -0.2) is 76.0 Å². The van der Waals surface area contributed by atoms with Crippen molar-refractivity contribution in [1.82, 2.24) is 14.8 Å². The highest BCUT2D eigenvalue weighted by molar-refractivity contribution is 6.05. The monoisotopic (exact) mass is 593 g/mol. The first-order valence-corrected chi connectivity index (χ1v) is 14.2. The topological polar surface area (TPSA) is 116 Å². The van der Waals surface area contributed by atoms with E-state index in [1.54, 1.807) is 42.9 Å². The fourth-order valence-electron chi connectivity index (χ4n) is 6.17. The summed E-state index contributed by atoms with van der Waals surface area (Å²) < 4.78 is 38.9. The van der Waals surface area contributed by atoms with Crippen molar-refractivity contribution in [2.24, 2.45) is 21.7 Å². The molecule has 5 heterocycles. The largest absolute Gasteiger partial charge is 0.416 e. The number of anilines is 1. The summed E-state index contributed by atoms with van der Waals surface area (Å²) in [5, 5.41) is 2.42. The van der Waals surface area contributed by atoms with E-state index in [0.29, 0.717) is 17.9 Å². The van der Waals surface area contributed by atoms with Gasteiger partial charge in [-0.05, 0) is 75.7 Å². The van der Waals surface area contributed by atoms with Crippen molar-refractivity contribution < 1.29 is 27.4 Å². The number of nitrogens with zero attached hydrogens (tertiary/aromatic N) is 6. The summed E-state index contributed by atoms with van der Waals surface area (Å²) in [6.07, 6.45) is 5.11. The van der Waals surface area contributed by atoms with Crippen LogP contribution in [0.2, 0.25) is 0 Å². The van der Waals surface area contributed by atoms with Gasteiger partial charge in [-0.15, -0.1) is 4.59 Å². The van der Waals surface area contributed by atoms with Gasteiger partial charge in [0.15, 0.2) is 0 Å². The fourth-order valence-corrected chi connectivity index (χ4v) is 6.17. The molecular formula is C30H32F3N8O2+. The number of hydrogen-bond donors (Lipinski definition) is 2. The van der Waals surface area contributed by atoms with Crippen LogP contribution in [0.1, 0.15) is 47.2 Å². The van der Waals surface area contributed by atoms with E-state index in [2.05, 4.69) is 20.2 Å². The number of likely N-dealkylation sites (tertiary alicyclic amines) is 2. The highest BCUT2D eigenvalue weighted by Crippen LogP contribution is 2.38. The fraction of sp³-hybridized carbons (Fsp3) is 0.367. The van der Waals surface area contributed by atoms with Crippen molar-refractivity contribution in [3.05, 3.63) is 83.1 Å². The average Bonchev–Trinajstić information content (AvgIpc) is 3.57. The smallest absolute Gasteiger partial charge is 0.341 e. The number of nitrogens with two attached hydrogens (primary N) is 1. The minimum Gasteiger partial charge on any atom is -0.341 e. The van der Waals surface area contributed by atoms with Gasteiger partial charge in [0.05, 0.1) is 29.6 Å². The standard InChI is InChI=1S/C30H31F3N8O2/c1-39-13-3-5-23(39)29(43)40-14-2-4-21(18-40)26-24-17-35-12-15-41(24,34)27(38-26)19-6-8-20(9-7-19)28(42)37-25-16-22(10-11-36-25)30(31,32)33/h6-12,15-17,21,23H,2-5,13-14,18,34H2,1H3/p+1/t21-,23-,41?/m1/s1. The van der Waals surface area contributed by atoms with Crippen LogP contribution < -0.4 is 11.2 Å². The van der Waals surface area contributed by atoms with Crippen molar-refractivity contribution in [3.8, 4) is 0 Å². The second kappa shape index (κ2) is 11.1. The number of carbonyl (C=O) groups excluding carboxylic acids is 2. The molecule has 13 heteroatoms. The first-order valence-electron chi connectivity index (χ1n) is 14.2. The molecule has 2 fully saturated rings. The number of amides is 2. The number of nitrogens with one attached hydrogen (secondary N) is 1. The molecule has 4 aliphatic heterocycles. The highest BCUT2D eigenvalue weighted by Gasteiger charge is 2.47. The maximum absolute atomic E-state index is 13.3. The van der Waals surface area contributed by atoms with E-state index in [1.165, 1.54) is 0 Å². The highest BCUT2D eigenvalue weighted by atomic mass is 19.4. The molecule has 0 radical (unpaired) electrons. The lowest BCUT2D eigenvalue weighted by Gasteiger charge is -2.35. The number of fused-ring (bicyclic) bond motifs is 1. The molecule has 3 atom stereocenters. The molecule has 43 heavy (non-hydrogen) atoms. The maximum atomic E-state index is 13.3. The van der Waals surface area contributed by atoms with Gasteiger partial charge in [-0.1, -0.05) is 0 Å². The molecule has 3 N–H and O–H groups in total. The predicted molar refractivity (Wildman–Crippen MR) is 154 cm³/mol. The second-order valence-corrected chi connectivity index (χ2v) is 11.3. The summed E-state index contributed by atoms with van der Waals surface area (Å²) in [4.78, 5) is 43.4. The number of alkyl halides is 3. The molecule has 2 amide bonds. The third-order valence-corrected chi connectivity index (χ3v) is 8.48. The molecule has 2 saturated heterocycles. The van der Waals surface area contributed by atoms with E-state index in [4.69, 9.17) is 10.8 Å². The summed E-state index contributed by atoms with van der Waals surface area (Å²) in [5.41, 5.74) is 1.51. The molecule has 0 spiro atoms. The van der Waals surface area contributed by atoms with E-state index in [1.807, 2.05) is 11.9 Å². The number of piperidine rings is 1. The van der Waals surface area contributed by atoms with Crippen LogP contribution in [0.5, 0.6) is 0 Å². The molecule has 0 aliphatic carbocycles. The third-order valence-electron chi connectivity index (χ3n) is 8.48. The molecule has 1 unspecified atom stereocenters. The van der Waals surface area contributed by atoms with E-state index in [9.17, 15) is 22.8 Å². The summed E-state index contributed by atoms with van der Waals surface area (Å²) >= 11 is 0. The van der Waals surface area contributed by atoms with Crippen LogP contribution in [0.4, 0.5) is 19.0 Å². The van der Waals surface area contributed by atoms with Gasteiger partial charge >= 0.3 is 6.18 Å². The Morgan fingerprint density at radius 1 is 1.09 bits per heavy atom. The van der Waals surface area contributed by atoms with Crippen LogP contribution in [0.15, 0.2) is 76.4 Å². The second-order valence-electron chi connectivity index (χ2n) is 11.3. The Kier molecular flexibility index (Phi) is 7.48. The van der Waals surface area contributed by atoms with Crippen LogP contribution in [0.25, 0.3) is 0 Å². The summed E-state index contributed by atoms with van der Waals surface area (Å²) in [6, 6.07) is 8.07. The van der Waals surface area contributed by atoms with Crippen molar-refractivity contribution in [2.75, 3.05) is 32.0 Å². The van der Waals surface area contributed by atoms with Crippen LogP contribution in [-0.2, 0) is 11.0 Å². The zero-order valence-corrected chi connectivity index (χ0v) is 23.6. The Labute approximate surface area is 246 Å². The zero-order valence-electron chi connectivity index (χ0n) is 23.6. The summed E-state index contributed by atoms with van der Waals surface area (Å²) in [5.74, 6) is 6.79. The van der Waals surface area contributed by atoms with Crippen LogP contribution >= 0.6 is 0 Å². The number of aromatic nitrogens is 1. The molecule has 0 bridgehead atoms. The Balaban J connectivity index is 1.22. The van der Waals surface area contributed by atoms with E-state index >= 15 is 0 Å². The Morgan fingerprint density at radius 2 is 1.86 bits per heavy atom. The lowest BCUT2D eigenvalue weighted by Crippen LogP contribution is -2.53. The zero-order chi connectivity index (χ0) is 30.4. The first-order chi connectivity index (χ1) is 20.5. The number of hydrogen-bond acceptors (Lipinski definition) is 7. The van der Waals surface area contributed by atoms with E-state index < -0.39 is 17.6 Å². The number of halogens is 3. The number of amidine groups is 1. The molecule has 4 aliphatic rings. The first kappa shape index (κ1) is 28.9. The lowest BCUT2D eigenvalue weighted by atomic mass is 9.93. The van der Waals surface area contributed by atoms with Crippen molar-refractivity contribution in [2.45, 2.75) is 37.9 Å². The number of likely N-dealkylation sites (N-methyl/N-ethyl adjacent to an activating group) is 1. The average molecular weight is 594 g/mol. The molecule has 6 rings (SSSR count).